The molecule has 1 N–H and O–H groups in total. The van der Waals surface area contributed by atoms with Gasteiger partial charge >= 0.3 is 0 Å². The van der Waals surface area contributed by atoms with Crippen molar-refractivity contribution in [2.75, 3.05) is 26.2 Å². The first-order chi connectivity index (χ1) is 12.3. The lowest BCUT2D eigenvalue weighted by molar-refractivity contribution is 0.0953. The predicted molar refractivity (Wildman–Crippen MR) is 102 cm³/mol. The van der Waals surface area contributed by atoms with Crippen molar-refractivity contribution in [1.29, 1.82) is 0 Å². The molecule has 1 aromatic carbocycles. The third-order valence-corrected chi connectivity index (χ3v) is 4.92. The van der Waals surface area contributed by atoms with E-state index in [0.717, 1.165) is 24.2 Å². The van der Waals surface area contributed by atoms with Crippen molar-refractivity contribution in [2.24, 2.45) is 0 Å². The lowest BCUT2D eigenvalue weighted by atomic mass is 10.1. The predicted octanol–water partition coefficient (Wildman–Crippen LogP) is 3.86. The van der Waals surface area contributed by atoms with Crippen molar-refractivity contribution in [2.45, 2.75) is 38.5 Å². The van der Waals surface area contributed by atoms with Crippen LogP contribution in [0.15, 0.2) is 48.8 Å². The summed E-state index contributed by atoms with van der Waals surface area (Å²) in [5.74, 6) is 0.0232. The van der Waals surface area contributed by atoms with Gasteiger partial charge in [-0.3, -0.25) is 4.79 Å². The zero-order valence-electron chi connectivity index (χ0n) is 15.0. The Labute approximate surface area is 150 Å². The van der Waals surface area contributed by atoms with Crippen LogP contribution in [-0.4, -0.2) is 41.6 Å². The van der Waals surface area contributed by atoms with E-state index in [2.05, 4.69) is 10.2 Å². The number of nitrogens with zero attached hydrogens (tertiary/aromatic N) is 2. The second-order valence-corrected chi connectivity index (χ2v) is 6.86. The number of likely N-dealkylation sites (tertiary alicyclic amines) is 1. The number of benzene rings is 1. The normalized spacial score (nSPS) is 15.2. The summed E-state index contributed by atoms with van der Waals surface area (Å²) in [4.78, 5) is 14.8. The van der Waals surface area contributed by atoms with E-state index in [0.29, 0.717) is 0 Å². The number of hydrogen-bond donors (Lipinski definition) is 1. The van der Waals surface area contributed by atoms with Gasteiger partial charge < -0.3 is 14.8 Å². The Hall–Kier alpha value is -2.07. The molecule has 0 spiro atoms. The molecule has 1 aliphatic rings. The van der Waals surface area contributed by atoms with Crippen LogP contribution in [-0.2, 0) is 0 Å². The number of rotatable bonds is 8. The molecule has 1 fully saturated rings. The van der Waals surface area contributed by atoms with E-state index in [-0.39, 0.29) is 5.91 Å². The number of unbranched alkanes of at least 4 members (excludes halogenated alkanes) is 2. The first kappa shape index (κ1) is 17.7. The Morgan fingerprint density at radius 3 is 2.36 bits per heavy atom. The van der Waals surface area contributed by atoms with Gasteiger partial charge in [-0.15, -0.1) is 0 Å². The number of hydrogen-bond acceptors (Lipinski definition) is 2. The highest BCUT2D eigenvalue weighted by atomic mass is 16.1. The Bertz CT molecular complexity index is 628. The lowest BCUT2D eigenvalue weighted by Crippen LogP contribution is -2.30. The van der Waals surface area contributed by atoms with Gasteiger partial charge in [-0.05, 0) is 81.7 Å². The van der Waals surface area contributed by atoms with Crippen molar-refractivity contribution in [1.82, 2.24) is 14.8 Å². The molecule has 0 radical (unpaired) electrons. The van der Waals surface area contributed by atoms with E-state index in [4.69, 9.17) is 0 Å². The minimum absolute atomic E-state index is 0.0232. The molecular formula is C21H29N3O. The molecule has 134 valence electrons. The quantitative estimate of drug-likeness (QED) is 0.742. The lowest BCUT2D eigenvalue weighted by Gasteiger charge is -2.26. The van der Waals surface area contributed by atoms with Crippen LogP contribution in [0.1, 0.15) is 48.9 Å². The number of carbonyl (C=O) groups excluding carboxylic acids is 1. The maximum Gasteiger partial charge on any atom is 0.251 e. The molecule has 1 aromatic heterocycles. The van der Waals surface area contributed by atoms with Gasteiger partial charge in [-0.1, -0.05) is 12.8 Å². The fourth-order valence-electron chi connectivity index (χ4n) is 3.42. The minimum Gasteiger partial charge on any atom is -0.352 e. The summed E-state index contributed by atoms with van der Waals surface area (Å²) >= 11 is 0. The van der Waals surface area contributed by atoms with Crippen molar-refractivity contribution in [3.8, 4) is 5.69 Å². The molecule has 4 nitrogen and oxygen atoms in total. The van der Waals surface area contributed by atoms with Gasteiger partial charge in [0.05, 0.1) is 0 Å². The Morgan fingerprint density at radius 1 is 0.920 bits per heavy atom. The largest absolute Gasteiger partial charge is 0.352 e. The molecule has 3 rings (SSSR count). The van der Waals surface area contributed by atoms with Crippen LogP contribution in [0.4, 0.5) is 0 Å². The Morgan fingerprint density at radius 2 is 1.64 bits per heavy atom. The highest BCUT2D eigenvalue weighted by molar-refractivity contribution is 5.94. The number of amides is 1. The molecule has 2 heterocycles. The summed E-state index contributed by atoms with van der Waals surface area (Å²) < 4.78 is 2.03. The highest BCUT2D eigenvalue weighted by Crippen LogP contribution is 2.11. The number of aromatic nitrogens is 1. The SMILES string of the molecule is O=C(NCCCCCN1CCCCC1)c1ccc(-n2cccc2)cc1. The van der Waals surface area contributed by atoms with E-state index >= 15 is 0 Å². The van der Waals surface area contributed by atoms with Gasteiger partial charge in [-0.2, -0.15) is 0 Å². The van der Waals surface area contributed by atoms with Gasteiger partial charge in [0, 0.05) is 30.2 Å². The molecule has 1 amide bonds. The fraction of sp³-hybridized carbons (Fsp3) is 0.476. The third kappa shape index (κ3) is 5.46. The Kier molecular flexibility index (Phi) is 6.69. The van der Waals surface area contributed by atoms with Crippen LogP contribution in [0.5, 0.6) is 0 Å². The maximum atomic E-state index is 12.2. The zero-order chi connectivity index (χ0) is 17.3. The zero-order valence-corrected chi connectivity index (χ0v) is 15.0. The third-order valence-electron chi connectivity index (χ3n) is 4.92. The van der Waals surface area contributed by atoms with Crippen LogP contribution in [0.25, 0.3) is 5.69 Å². The summed E-state index contributed by atoms with van der Waals surface area (Å²) in [5, 5.41) is 3.03. The van der Waals surface area contributed by atoms with E-state index in [9.17, 15) is 4.79 Å². The van der Waals surface area contributed by atoms with E-state index < -0.39 is 0 Å². The van der Waals surface area contributed by atoms with Gasteiger partial charge in [0.2, 0.25) is 0 Å². The summed E-state index contributed by atoms with van der Waals surface area (Å²) in [6.07, 6.45) is 11.6. The summed E-state index contributed by atoms with van der Waals surface area (Å²) in [5.41, 5.74) is 1.79. The second-order valence-electron chi connectivity index (χ2n) is 6.86. The van der Waals surface area contributed by atoms with E-state index in [1.807, 2.05) is 53.4 Å². The van der Waals surface area contributed by atoms with Crippen LogP contribution in [0.2, 0.25) is 0 Å². The number of piperidine rings is 1. The van der Waals surface area contributed by atoms with Crippen LogP contribution in [0, 0.1) is 0 Å². The smallest absolute Gasteiger partial charge is 0.251 e. The average molecular weight is 339 g/mol. The molecule has 0 atom stereocenters. The summed E-state index contributed by atoms with van der Waals surface area (Å²) in [6.45, 7) is 4.53. The van der Waals surface area contributed by atoms with Crippen molar-refractivity contribution in [3.63, 3.8) is 0 Å². The van der Waals surface area contributed by atoms with Crippen LogP contribution >= 0.6 is 0 Å². The van der Waals surface area contributed by atoms with E-state index in [1.165, 1.54) is 51.7 Å². The van der Waals surface area contributed by atoms with Crippen LogP contribution < -0.4 is 5.32 Å². The molecule has 1 saturated heterocycles. The second kappa shape index (κ2) is 9.42. The highest BCUT2D eigenvalue weighted by Gasteiger charge is 2.09. The molecule has 0 bridgehead atoms. The average Bonchev–Trinajstić information content (AvgIpc) is 3.20. The maximum absolute atomic E-state index is 12.2. The molecule has 2 aromatic rings. The number of carbonyl (C=O) groups is 1. The molecule has 0 saturated carbocycles. The van der Waals surface area contributed by atoms with Gasteiger partial charge in [0.15, 0.2) is 0 Å². The van der Waals surface area contributed by atoms with Crippen LogP contribution in [0.3, 0.4) is 0 Å². The molecular weight excluding hydrogens is 310 g/mol. The van der Waals surface area contributed by atoms with Gasteiger partial charge in [0.1, 0.15) is 0 Å². The van der Waals surface area contributed by atoms with Gasteiger partial charge in [0.25, 0.3) is 5.91 Å². The number of nitrogens with one attached hydrogen (secondary N) is 1. The molecule has 0 unspecified atom stereocenters. The minimum atomic E-state index is 0.0232. The molecule has 1 aliphatic heterocycles. The topological polar surface area (TPSA) is 37.3 Å². The Balaban J connectivity index is 1.32. The molecule has 4 heteroatoms. The fourth-order valence-corrected chi connectivity index (χ4v) is 3.42. The standard InChI is InChI=1S/C21H29N3O/c25-21(19-9-11-20(12-10-19)24-17-7-8-18-24)22-13-3-1-4-14-23-15-5-2-6-16-23/h7-12,17-18H,1-6,13-16H2,(H,22,25). The van der Waals surface area contributed by atoms with Crippen molar-refractivity contribution >= 4 is 5.91 Å². The van der Waals surface area contributed by atoms with Crippen molar-refractivity contribution < 1.29 is 4.79 Å². The summed E-state index contributed by atoms with van der Waals surface area (Å²) in [7, 11) is 0. The summed E-state index contributed by atoms with van der Waals surface area (Å²) in [6, 6.07) is 11.7. The van der Waals surface area contributed by atoms with Crippen molar-refractivity contribution in [3.05, 3.63) is 54.4 Å². The van der Waals surface area contributed by atoms with E-state index in [1.54, 1.807) is 0 Å². The first-order valence-corrected chi connectivity index (χ1v) is 9.57. The molecule has 0 aliphatic carbocycles. The monoisotopic (exact) mass is 339 g/mol. The first-order valence-electron chi connectivity index (χ1n) is 9.57. The molecule has 25 heavy (non-hydrogen) atoms. The van der Waals surface area contributed by atoms with Gasteiger partial charge in [-0.25, -0.2) is 0 Å².